The highest BCUT2D eigenvalue weighted by Gasteiger charge is 2.33. The molecule has 4 aromatic rings. The third-order valence-electron chi connectivity index (χ3n) is 5.85. The van der Waals surface area contributed by atoms with Gasteiger partial charge in [0.05, 0.1) is 29.4 Å². The fraction of sp³-hybridized carbons (Fsp3) is 0.269. The van der Waals surface area contributed by atoms with Crippen LogP contribution in [0.15, 0.2) is 61.1 Å². The molecule has 0 bridgehead atoms. The number of benzene rings is 1. The number of pyridine rings is 2. The van der Waals surface area contributed by atoms with Crippen LogP contribution in [-0.2, 0) is 12.7 Å². The minimum absolute atomic E-state index is 0.0326. The molecule has 0 unspecified atom stereocenters. The van der Waals surface area contributed by atoms with Crippen molar-refractivity contribution in [2.75, 3.05) is 5.73 Å². The van der Waals surface area contributed by atoms with Crippen LogP contribution in [0.2, 0.25) is 0 Å². The van der Waals surface area contributed by atoms with Gasteiger partial charge in [-0.25, -0.2) is 15.0 Å². The van der Waals surface area contributed by atoms with E-state index in [-0.39, 0.29) is 18.4 Å². The minimum Gasteiger partial charge on any atom is -0.383 e. The van der Waals surface area contributed by atoms with Gasteiger partial charge in [-0.05, 0) is 60.9 Å². The first kappa shape index (κ1) is 25.0. The van der Waals surface area contributed by atoms with Crippen LogP contribution in [0.3, 0.4) is 0 Å². The number of anilines is 1. The maximum atomic E-state index is 13.9. The summed E-state index contributed by atoms with van der Waals surface area (Å²) < 4.78 is 39.1. The predicted molar refractivity (Wildman–Crippen MR) is 130 cm³/mol. The smallest absolute Gasteiger partial charge is 0.383 e. The summed E-state index contributed by atoms with van der Waals surface area (Å²) in [5.74, 6) is 0.408. The SMILES string of the molecule is Cc1cc2cc(C(=O)N(Cc3ccc(C(F)(F)F)cn3)[C@@H](c3ncccn3)C(C)C)ccc2nc1N. The van der Waals surface area contributed by atoms with Crippen LogP contribution < -0.4 is 5.73 Å². The Labute approximate surface area is 206 Å². The van der Waals surface area contributed by atoms with E-state index in [2.05, 4.69) is 19.9 Å². The molecular weight excluding hydrogens is 469 g/mol. The molecule has 0 aliphatic carbocycles. The number of hydrogen-bond donors (Lipinski definition) is 1. The van der Waals surface area contributed by atoms with Gasteiger partial charge in [0.1, 0.15) is 5.82 Å². The largest absolute Gasteiger partial charge is 0.417 e. The van der Waals surface area contributed by atoms with Crippen LogP contribution in [0.1, 0.15) is 52.9 Å². The lowest BCUT2D eigenvalue weighted by molar-refractivity contribution is -0.137. The fourth-order valence-corrected chi connectivity index (χ4v) is 4.01. The van der Waals surface area contributed by atoms with Crippen molar-refractivity contribution in [3.63, 3.8) is 0 Å². The molecule has 0 saturated carbocycles. The Morgan fingerprint density at radius 2 is 1.78 bits per heavy atom. The zero-order valence-corrected chi connectivity index (χ0v) is 20.0. The third-order valence-corrected chi connectivity index (χ3v) is 5.85. The molecule has 0 aliphatic rings. The van der Waals surface area contributed by atoms with Crippen molar-refractivity contribution < 1.29 is 18.0 Å². The number of carbonyl (C=O) groups excluding carboxylic acids is 1. The average Bonchev–Trinajstić information content (AvgIpc) is 2.84. The number of aryl methyl sites for hydroxylation is 1. The monoisotopic (exact) mass is 494 g/mol. The second-order valence-electron chi connectivity index (χ2n) is 8.86. The Morgan fingerprint density at radius 1 is 1.06 bits per heavy atom. The Bertz CT molecular complexity index is 1370. The van der Waals surface area contributed by atoms with Crippen molar-refractivity contribution >= 4 is 22.6 Å². The van der Waals surface area contributed by atoms with Crippen LogP contribution in [0, 0.1) is 12.8 Å². The topological polar surface area (TPSA) is 97.9 Å². The highest BCUT2D eigenvalue weighted by Crippen LogP contribution is 2.32. The molecule has 1 aromatic carbocycles. The van der Waals surface area contributed by atoms with E-state index in [1.165, 1.54) is 6.07 Å². The summed E-state index contributed by atoms with van der Waals surface area (Å²) in [6, 6.07) is 10.3. The maximum absolute atomic E-state index is 13.9. The first-order chi connectivity index (χ1) is 17.0. The number of carbonyl (C=O) groups is 1. The number of alkyl halides is 3. The lowest BCUT2D eigenvalue weighted by atomic mass is 9.99. The molecular formula is C26H25F3N6O. The van der Waals surface area contributed by atoms with Gasteiger partial charge in [-0.15, -0.1) is 0 Å². The molecule has 0 saturated heterocycles. The van der Waals surface area contributed by atoms with E-state index in [0.717, 1.165) is 23.2 Å². The molecule has 36 heavy (non-hydrogen) atoms. The molecule has 4 rings (SSSR count). The fourth-order valence-electron chi connectivity index (χ4n) is 4.01. The lowest BCUT2D eigenvalue weighted by Crippen LogP contribution is -2.38. The molecule has 186 valence electrons. The molecule has 2 N–H and O–H groups in total. The van der Waals surface area contributed by atoms with Crippen molar-refractivity contribution in [1.29, 1.82) is 0 Å². The van der Waals surface area contributed by atoms with Crippen LogP contribution in [0.5, 0.6) is 0 Å². The second kappa shape index (κ2) is 9.88. The van der Waals surface area contributed by atoms with Crippen molar-refractivity contribution in [2.24, 2.45) is 5.92 Å². The van der Waals surface area contributed by atoms with Gasteiger partial charge in [0.2, 0.25) is 0 Å². The molecule has 0 fully saturated rings. The predicted octanol–water partition coefficient (Wildman–Crippen LogP) is 5.37. The Kier molecular flexibility index (Phi) is 6.87. The number of nitrogens with two attached hydrogens (primary N) is 1. The summed E-state index contributed by atoms with van der Waals surface area (Å²) in [5, 5.41) is 0.747. The molecule has 0 radical (unpaired) electrons. The minimum atomic E-state index is -4.50. The van der Waals surface area contributed by atoms with E-state index in [4.69, 9.17) is 5.73 Å². The summed E-state index contributed by atoms with van der Waals surface area (Å²) in [6.45, 7) is 5.66. The Balaban J connectivity index is 1.77. The number of amides is 1. The van der Waals surface area contributed by atoms with E-state index < -0.39 is 17.8 Å². The molecule has 1 amide bonds. The summed E-state index contributed by atoms with van der Waals surface area (Å²) in [7, 11) is 0. The van der Waals surface area contributed by atoms with Crippen molar-refractivity contribution in [2.45, 2.75) is 39.5 Å². The molecule has 0 aliphatic heterocycles. The molecule has 1 atom stereocenters. The van der Waals surface area contributed by atoms with E-state index in [1.54, 1.807) is 41.6 Å². The molecule has 7 nitrogen and oxygen atoms in total. The number of fused-ring (bicyclic) bond motifs is 1. The van der Waals surface area contributed by atoms with E-state index in [0.29, 0.717) is 28.4 Å². The van der Waals surface area contributed by atoms with E-state index in [1.807, 2.05) is 26.8 Å². The molecule has 3 aromatic heterocycles. The van der Waals surface area contributed by atoms with Crippen molar-refractivity contribution in [3.05, 3.63) is 89.3 Å². The van der Waals surface area contributed by atoms with Crippen molar-refractivity contribution in [3.8, 4) is 0 Å². The standard InChI is InChI=1S/C26H25F3N6O/c1-15(2)22(24-31-9-4-10-32-24)35(14-20-7-6-19(13-33-20)26(27,28)29)25(36)17-5-8-21-18(12-17)11-16(3)23(30)34-21/h4-13,15,22H,14H2,1-3H3,(H2,30,34)/t22-/m1/s1. The zero-order valence-electron chi connectivity index (χ0n) is 20.0. The molecule has 10 heteroatoms. The van der Waals surface area contributed by atoms with Gasteiger partial charge in [0.15, 0.2) is 5.82 Å². The average molecular weight is 495 g/mol. The van der Waals surface area contributed by atoms with Gasteiger partial charge < -0.3 is 10.6 Å². The normalized spacial score (nSPS) is 12.6. The van der Waals surface area contributed by atoms with Gasteiger partial charge in [0.25, 0.3) is 5.91 Å². The summed E-state index contributed by atoms with van der Waals surface area (Å²) in [4.78, 5) is 32.5. The highest BCUT2D eigenvalue weighted by atomic mass is 19.4. The summed E-state index contributed by atoms with van der Waals surface area (Å²) in [6.07, 6.45) is -0.548. The number of nitrogens with zero attached hydrogens (tertiary/aromatic N) is 5. The van der Waals surface area contributed by atoms with Crippen LogP contribution in [-0.4, -0.2) is 30.7 Å². The van der Waals surface area contributed by atoms with Gasteiger partial charge in [-0.2, -0.15) is 13.2 Å². The van der Waals surface area contributed by atoms with Crippen LogP contribution in [0.4, 0.5) is 19.0 Å². The quantitative estimate of drug-likeness (QED) is 0.387. The lowest BCUT2D eigenvalue weighted by Gasteiger charge is -2.33. The van der Waals surface area contributed by atoms with Gasteiger partial charge in [-0.3, -0.25) is 9.78 Å². The summed E-state index contributed by atoms with van der Waals surface area (Å²) >= 11 is 0. The summed E-state index contributed by atoms with van der Waals surface area (Å²) in [5.41, 5.74) is 7.20. The number of halogens is 3. The molecule has 0 spiro atoms. The zero-order chi connectivity index (χ0) is 26.0. The highest BCUT2D eigenvalue weighted by molar-refractivity contribution is 5.98. The number of hydrogen-bond acceptors (Lipinski definition) is 6. The van der Waals surface area contributed by atoms with E-state index in [9.17, 15) is 18.0 Å². The van der Waals surface area contributed by atoms with Crippen LogP contribution in [0.25, 0.3) is 10.9 Å². The molecule has 3 heterocycles. The Morgan fingerprint density at radius 3 is 2.39 bits per heavy atom. The number of aromatic nitrogens is 4. The van der Waals surface area contributed by atoms with Crippen molar-refractivity contribution in [1.82, 2.24) is 24.8 Å². The Hall–Kier alpha value is -4.08. The van der Waals surface area contributed by atoms with Crippen LogP contribution >= 0.6 is 0 Å². The van der Waals surface area contributed by atoms with E-state index >= 15 is 0 Å². The third kappa shape index (κ3) is 5.27. The van der Waals surface area contributed by atoms with Gasteiger partial charge >= 0.3 is 6.18 Å². The first-order valence-electron chi connectivity index (χ1n) is 11.3. The number of nitrogen functional groups attached to an aromatic ring is 1. The van der Waals surface area contributed by atoms with Gasteiger partial charge in [-0.1, -0.05) is 13.8 Å². The number of rotatable bonds is 6. The first-order valence-corrected chi connectivity index (χ1v) is 11.3. The maximum Gasteiger partial charge on any atom is 0.417 e. The van der Waals surface area contributed by atoms with Gasteiger partial charge in [0, 0.05) is 29.5 Å². The second-order valence-corrected chi connectivity index (χ2v) is 8.86.